The predicted molar refractivity (Wildman–Crippen MR) is 80.0 cm³/mol. The van der Waals surface area contributed by atoms with Crippen molar-refractivity contribution in [3.05, 3.63) is 41.3 Å². The third-order valence-corrected chi connectivity index (χ3v) is 5.19. The molecule has 0 saturated heterocycles. The van der Waals surface area contributed by atoms with Gasteiger partial charge in [-0.1, -0.05) is 49.6 Å². The van der Waals surface area contributed by atoms with Crippen LogP contribution in [0, 0.1) is 0 Å². The van der Waals surface area contributed by atoms with E-state index in [1.165, 1.54) is 47.4 Å². The summed E-state index contributed by atoms with van der Waals surface area (Å²) in [4.78, 5) is 2.74. The van der Waals surface area contributed by atoms with Gasteiger partial charge in [-0.05, 0) is 30.4 Å². The highest BCUT2D eigenvalue weighted by Gasteiger charge is 2.20. The fourth-order valence-electron chi connectivity index (χ4n) is 2.85. The van der Waals surface area contributed by atoms with Gasteiger partial charge >= 0.3 is 0 Å². The maximum Gasteiger partial charge on any atom is 0.0464 e. The molecule has 0 unspecified atom stereocenters. The molecule has 94 valence electrons. The zero-order chi connectivity index (χ0) is 12.4. The van der Waals surface area contributed by atoms with Crippen molar-refractivity contribution in [2.75, 3.05) is 5.73 Å². The Labute approximate surface area is 113 Å². The van der Waals surface area contributed by atoms with Gasteiger partial charge in [-0.3, -0.25) is 0 Å². The molecule has 0 atom stereocenters. The molecule has 1 aromatic carbocycles. The van der Waals surface area contributed by atoms with Crippen molar-refractivity contribution in [2.24, 2.45) is 0 Å². The summed E-state index contributed by atoms with van der Waals surface area (Å²) in [5.41, 5.74) is 8.51. The average molecular weight is 257 g/mol. The minimum atomic E-state index is 0.709. The zero-order valence-corrected chi connectivity index (χ0v) is 11.4. The molecule has 0 spiro atoms. The van der Waals surface area contributed by atoms with E-state index in [4.69, 9.17) is 5.73 Å². The van der Waals surface area contributed by atoms with Crippen molar-refractivity contribution >= 4 is 17.0 Å². The predicted octanol–water partition coefficient (Wildman–Crippen LogP) is 5.05. The summed E-state index contributed by atoms with van der Waals surface area (Å²) in [6.07, 6.45) is 6.76. The second kappa shape index (κ2) is 5.15. The van der Waals surface area contributed by atoms with Crippen molar-refractivity contribution in [3.8, 4) is 10.4 Å². The molecule has 1 heterocycles. The van der Waals surface area contributed by atoms with Gasteiger partial charge in [0.05, 0.1) is 0 Å². The lowest BCUT2D eigenvalue weighted by Crippen LogP contribution is -2.04. The number of hydrogen-bond donors (Lipinski definition) is 1. The quantitative estimate of drug-likeness (QED) is 0.801. The molecule has 0 aliphatic heterocycles. The third-order valence-electron chi connectivity index (χ3n) is 3.83. The van der Waals surface area contributed by atoms with E-state index in [9.17, 15) is 0 Å². The summed E-state index contributed by atoms with van der Waals surface area (Å²) >= 11 is 1.89. The second-order valence-electron chi connectivity index (χ2n) is 5.13. The minimum absolute atomic E-state index is 0.709. The number of benzene rings is 1. The monoisotopic (exact) mass is 257 g/mol. The Morgan fingerprint density at radius 2 is 1.72 bits per heavy atom. The molecule has 0 bridgehead atoms. The molecule has 1 aliphatic carbocycles. The summed E-state index contributed by atoms with van der Waals surface area (Å²) < 4.78 is 0. The first-order valence-corrected chi connectivity index (χ1v) is 7.61. The summed E-state index contributed by atoms with van der Waals surface area (Å²) in [7, 11) is 0. The van der Waals surface area contributed by atoms with Gasteiger partial charge in [0.15, 0.2) is 0 Å². The summed E-state index contributed by atoms with van der Waals surface area (Å²) in [6, 6.07) is 12.7. The first kappa shape index (κ1) is 11.8. The standard InChI is InChI=1S/C16H19NS/c17-14-11-15(12-7-3-1-4-8-12)18-16(14)13-9-5-2-6-10-13/h1,3-4,7-8,11,13H,2,5-6,9-10,17H2. The van der Waals surface area contributed by atoms with Crippen LogP contribution in [0.4, 0.5) is 5.69 Å². The van der Waals surface area contributed by atoms with E-state index >= 15 is 0 Å². The van der Waals surface area contributed by atoms with E-state index in [-0.39, 0.29) is 0 Å². The minimum Gasteiger partial charge on any atom is -0.398 e. The highest BCUT2D eigenvalue weighted by Crippen LogP contribution is 2.42. The molecule has 2 aromatic rings. The van der Waals surface area contributed by atoms with Crippen LogP contribution in [0.1, 0.15) is 42.9 Å². The normalized spacial score (nSPS) is 16.9. The van der Waals surface area contributed by atoms with Crippen LogP contribution < -0.4 is 5.73 Å². The van der Waals surface area contributed by atoms with Crippen LogP contribution in [0.5, 0.6) is 0 Å². The van der Waals surface area contributed by atoms with Crippen LogP contribution in [0.3, 0.4) is 0 Å². The van der Waals surface area contributed by atoms with Gasteiger partial charge in [-0.15, -0.1) is 11.3 Å². The Hall–Kier alpha value is -1.28. The molecule has 2 N–H and O–H groups in total. The van der Waals surface area contributed by atoms with Gasteiger partial charge < -0.3 is 5.73 Å². The van der Waals surface area contributed by atoms with Crippen LogP contribution >= 0.6 is 11.3 Å². The fourth-order valence-corrected chi connectivity index (χ4v) is 4.10. The Morgan fingerprint density at radius 1 is 1.00 bits per heavy atom. The van der Waals surface area contributed by atoms with Crippen LogP contribution in [-0.4, -0.2) is 0 Å². The number of thiophene rings is 1. The van der Waals surface area contributed by atoms with Crippen LogP contribution in [0.15, 0.2) is 36.4 Å². The highest BCUT2D eigenvalue weighted by atomic mass is 32.1. The first-order chi connectivity index (χ1) is 8.84. The molecule has 0 amide bonds. The number of nitrogens with two attached hydrogens (primary N) is 1. The molecule has 1 saturated carbocycles. The lowest BCUT2D eigenvalue weighted by Gasteiger charge is -2.20. The topological polar surface area (TPSA) is 26.0 Å². The molecule has 0 radical (unpaired) electrons. The van der Waals surface area contributed by atoms with E-state index in [2.05, 4.69) is 36.4 Å². The van der Waals surface area contributed by atoms with Crippen molar-refractivity contribution in [1.29, 1.82) is 0 Å². The zero-order valence-electron chi connectivity index (χ0n) is 10.6. The smallest absolute Gasteiger partial charge is 0.0464 e. The van der Waals surface area contributed by atoms with E-state index in [0.29, 0.717) is 5.92 Å². The van der Waals surface area contributed by atoms with E-state index in [1.54, 1.807) is 0 Å². The van der Waals surface area contributed by atoms with E-state index < -0.39 is 0 Å². The van der Waals surface area contributed by atoms with E-state index in [1.807, 2.05) is 11.3 Å². The van der Waals surface area contributed by atoms with Gasteiger partial charge in [0.1, 0.15) is 0 Å². The van der Waals surface area contributed by atoms with Gasteiger partial charge in [0.25, 0.3) is 0 Å². The maximum atomic E-state index is 6.22. The average Bonchev–Trinajstić information content (AvgIpc) is 2.83. The Morgan fingerprint density at radius 3 is 2.44 bits per heavy atom. The van der Waals surface area contributed by atoms with Crippen LogP contribution in [0.25, 0.3) is 10.4 Å². The fraction of sp³-hybridized carbons (Fsp3) is 0.375. The van der Waals surface area contributed by atoms with Crippen molar-refractivity contribution in [1.82, 2.24) is 0 Å². The molecule has 1 fully saturated rings. The van der Waals surface area contributed by atoms with Gasteiger partial charge in [0.2, 0.25) is 0 Å². The van der Waals surface area contributed by atoms with Crippen molar-refractivity contribution < 1.29 is 0 Å². The molecule has 2 heteroatoms. The number of hydrogen-bond acceptors (Lipinski definition) is 2. The highest BCUT2D eigenvalue weighted by molar-refractivity contribution is 7.16. The SMILES string of the molecule is Nc1cc(-c2ccccc2)sc1C1CCCCC1. The molecular weight excluding hydrogens is 238 g/mol. The van der Waals surface area contributed by atoms with Gasteiger partial charge in [-0.25, -0.2) is 0 Å². The van der Waals surface area contributed by atoms with Crippen LogP contribution in [0.2, 0.25) is 0 Å². The second-order valence-corrected chi connectivity index (χ2v) is 6.21. The lowest BCUT2D eigenvalue weighted by molar-refractivity contribution is 0.449. The van der Waals surface area contributed by atoms with Gasteiger partial charge in [0, 0.05) is 15.4 Å². The van der Waals surface area contributed by atoms with Crippen LogP contribution in [-0.2, 0) is 0 Å². The number of anilines is 1. The Bertz CT molecular complexity index is 509. The molecule has 18 heavy (non-hydrogen) atoms. The molecular formula is C16H19NS. The first-order valence-electron chi connectivity index (χ1n) is 6.79. The van der Waals surface area contributed by atoms with Crippen molar-refractivity contribution in [3.63, 3.8) is 0 Å². The summed E-state index contributed by atoms with van der Waals surface area (Å²) in [5, 5.41) is 0. The molecule has 1 aliphatic rings. The lowest BCUT2D eigenvalue weighted by atomic mass is 9.88. The number of rotatable bonds is 2. The van der Waals surface area contributed by atoms with E-state index in [0.717, 1.165) is 5.69 Å². The number of nitrogen functional groups attached to an aromatic ring is 1. The Kier molecular flexibility index (Phi) is 3.37. The largest absolute Gasteiger partial charge is 0.398 e. The molecule has 3 rings (SSSR count). The third kappa shape index (κ3) is 2.30. The summed E-state index contributed by atoms with van der Waals surface area (Å²) in [6.45, 7) is 0. The molecule has 1 aromatic heterocycles. The van der Waals surface area contributed by atoms with Crippen molar-refractivity contribution in [2.45, 2.75) is 38.0 Å². The Balaban J connectivity index is 1.91. The maximum absolute atomic E-state index is 6.22. The molecule has 1 nitrogen and oxygen atoms in total. The van der Waals surface area contributed by atoms with Gasteiger partial charge in [-0.2, -0.15) is 0 Å². The summed E-state index contributed by atoms with van der Waals surface area (Å²) in [5.74, 6) is 0.709.